The summed E-state index contributed by atoms with van der Waals surface area (Å²) < 4.78 is 0. The van der Waals surface area contributed by atoms with Crippen LogP contribution < -0.4 is 10.8 Å². The lowest BCUT2D eigenvalue weighted by molar-refractivity contribution is -0.124. The number of amides is 1. The zero-order valence-electron chi connectivity index (χ0n) is 18.4. The molecule has 1 atom stereocenters. The van der Waals surface area contributed by atoms with Crippen molar-refractivity contribution in [1.29, 1.82) is 0 Å². The van der Waals surface area contributed by atoms with Crippen molar-refractivity contribution >= 4 is 42.6 Å². The van der Waals surface area contributed by atoms with Crippen LogP contribution in [0.3, 0.4) is 0 Å². The predicted octanol–water partition coefficient (Wildman–Crippen LogP) is 4.53. The molecule has 3 rings (SSSR count). The number of anilines is 1. The number of aromatic nitrogens is 1. The summed E-state index contributed by atoms with van der Waals surface area (Å²) in [6, 6.07) is 4.94. The van der Waals surface area contributed by atoms with Gasteiger partial charge in [0.1, 0.15) is 5.82 Å². The van der Waals surface area contributed by atoms with E-state index in [1.165, 1.54) is 25.3 Å². The highest BCUT2D eigenvalue weighted by atomic mass is 35.5. The van der Waals surface area contributed by atoms with Gasteiger partial charge in [0.15, 0.2) is 0 Å². The van der Waals surface area contributed by atoms with Crippen molar-refractivity contribution in [2.24, 2.45) is 10.8 Å². The van der Waals surface area contributed by atoms with E-state index in [0.29, 0.717) is 22.9 Å². The molecule has 0 radical (unpaired) electrons. The highest BCUT2D eigenvalue weighted by molar-refractivity contribution is 5.90. The molecule has 1 aliphatic carbocycles. The number of rotatable bonds is 5. The predicted molar refractivity (Wildman–Crippen MR) is 126 cm³/mol. The molecule has 2 heterocycles. The highest BCUT2D eigenvalue weighted by Gasteiger charge is 2.42. The van der Waals surface area contributed by atoms with Crippen LogP contribution in [0.15, 0.2) is 24.4 Å². The van der Waals surface area contributed by atoms with Gasteiger partial charge in [0.25, 0.3) is 5.91 Å². The fourth-order valence-corrected chi connectivity index (χ4v) is 5.29. The molecule has 2 fully saturated rings. The van der Waals surface area contributed by atoms with Crippen LogP contribution >= 0.6 is 24.8 Å². The molecule has 1 aliphatic heterocycles. The topological polar surface area (TPSA) is 77.5 Å². The molecule has 0 spiro atoms. The third-order valence-electron chi connectivity index (χ3n) is 5.95. The number of pyridine rings is 1. The van der Waals surface area contributed by atoms with Crippen LogP contribution in [0.5, 0.6) is 0 Å². The largest absolute Gasteiger partial charge is 0.366 e. The Balaban J connectivity index is 0.00000225. The molecule has 8 heteroatoms. The molecule has 0 unspecified atom stereocenters. The van der Waals surface area contributed by atoms with Crippen molar-refractivity contribution < 1.29 is 10.0 Å². The van der Waals surface area contributed by atoms with Gasteiger partial charge in [-0.15, -0.1) is 24.8 Å². The van der Waals surface area contributed by atoms with Crippen molar-refractivity contribution in [3.8, 4) is 0 Å². The van der Waals surface area contributed by atoms with E-state index in [0.717, 1.165) is 30.9 Å². The maximum atomic E-state index is 11.0. The van der Waals surface area contributed by atoms with E-state index in [9.17, 15) is 4.79 Å². The minimum atomic E-state index is -0.553. The summed E-state index contributed by atoms with van der Waals surface area (Å²) in [6.45, 7) is 11.9. The van der Waals surface area contributed by atoms with Crippen LogP contribution in [0.4, 0.5) is 5.82 Å². The standard InChI is InChI=1S/C22H34N4O2.2ClH/c1-21(2)11-18(12-22(3,4)15-21)26-10-9-17(14-26)24-19-7-5-16(13-23-19)6-8-20(27)25-28;;/h5-8,13,17-18,28H,9-12,14-15H2,1-4H3,(H,23,24)(H,25,27);2*1H/b8-6+;;/t17-;;/m1../s1. The summed E-state index contributed by atoms with van der Waals surface area (Å²) >= 11 is 0. The third-order valence-corrected chi connectivity index (χ3v) is 5.95. The van der Waals surface area contributed by atoms with Gasteiger partial charge in [-0.2, -0.15) is 0 Å². The van der Waals surface area contributed by atoms with Gasteiger partial charge >= 0.3 is 0 Å². The minimum absolute atomic E-state index is 0. The molecule has 1 aromatic heterocycles. The van der Waals surface area contributed by atoms with Crippen LogP contribution in [0.2, 0.25) is 0 Å². The average molecular weight is 459 g/mol. The molecule has 1 amide bonds. The van der Waals surface area contributed by atoms with E-state index in [2.05, 4.69) is 42.9 Å². The second-order valence-corrected chi connectivity index (χ2v) is 9.98. The normalized spacial score (nSPS) is 23.4. The highest BCUT2D eigenvalue weighted by Crippen LogP contribution is 2.47. The first kappa shape index (κ1) is 26.7. The lowest BCUT2D eigenvalue weighted by Gasteiger charge is -2.47. The molecular weight excluding hydrogens is 423 g/mol. The summed E-state index contributed by atoms with van der Waals surface area (Å²) in [5.74, 6) is 0.308. The number of carbonyl (C=O) groups is 1. The molecule has 3 N–H and O–H groups in total. The number of nitrogens with zero attached hydrogens (tertiary/aromatic N) is 2. The number of hydroxylamine groups is 1. The number of halogens is 2. The average Bonchev–Trinajstić information content (AvgIpc) is 3.07. The zero-order valence-corrected chi connectivity index (χ0v) is 20.0. The molecule has 6 nitrogen and oxygen atoms in total. The molecule has 30 heavy (non-hydrogen) atoms. The van der Waals surface area contributed by atoms with Crippen LogP contribution in [-0.4, -0.2) is 46.2 Å². The van der Waals surface area contributed by atoms with Gasteiger partial charge < -0.3 is 5.32 Å². The maximum absolute atomic E-state index is 11.0. The Kier molecular flexibility index (Phi) is 9.61. The fourth-order valence-electron chi connectivity index (χ4n) is 5.29. The van der Waals surface area contributed by atoms with Crippen molar-refractivity contribution in [2.45, 2.75) is 65.5 Å². The maximum Gasteiger partial charge on any atom is 0.267 e. The minimum Gasteiger partial charge on any atom is -0.366 e. The molecule has 0 bridgehead atoms. The monoisotopic (exact) mass is 458 g/mol. The van der Waals surface area contributed by atoms with Gasteiger partial charge in [0.2, 0.25) is 0 Å². The summed E-state index contributed by atoms with van der Waals surface area (Å²) in [5, 5.41) is 12.1. The van der Waals surface area contributed by atoms with Gasteiger partial charge in [-0.3, -0.25) is 14.9 Å². The molecule has 1 saturated heterocycles. The lowest BCUT2D eigenvalue weighted by atomic mass is 9.63. The van der Waals surface area contributed by atoms with Crippen LogP contribution in [0.1, 0.15) is 58.9 Å². The number of hydrogen-bond acceptors (Lipinski definition) is 5. The second-order valence-electron chi connectivity index (χ2n) is 9.98. The molecule has 0 aromatic carbocycles. The van der Waals surface area contributed by atoms with E-state index < -0.39 is 5.91 Å². The van der Waals surface area contributed by atoms with E-state index in [4.69, 9.17) is 5.21 Å². The van der Waals surface area contributed by atoms with Gasteiger partial charge in [-0.1, -0.05) is 27.7 Å². The summed E-state index contributed by atoms with van der Waals surface area (Å²) in [7, 11) is 0. The lowest BCUT2D eigenvalue weighted by Crippen LogP contribution is -2.46. The van der Waals surface area contributed by atoms with E-state index in [-0.39, 0.29) is 24.8 Å². The molecule has 170 valence electrons. The molecule has 1 saturated carbocycles. The van der Waals surface area contributed by atoms with Gasteiger partial charge in [0.05, 0.1) is 0 Å². The first-order valence-corrected chi connectivity index (χ1v) is 10.2. The number of hydrogen-bond donors (Lipinski definition) is 3. The second kappa shape index (κ2) is 10.8. The van der Waals surface area contributed by atoms with E-state index >= 15 is 0 Å². The number of carbonyl (C=O) groups excluding carboxylic acids is 1. The Bertz CT molecular complexity index is 706. The SMILES string of the molecule is CC1(C)CC(N2CC[C@@H](Nc3ccc(/C=C/C(=O)NO)cn3)C2)CC(C)(C)C1.Cl.Cl. The Labute approximate surface area is 192 Å². The first-order valence-electron chi connectivity index (χ1n) is 10.2. The van der Waals surface area contributed by atoms with Crippen LogP contribution in [-0.2, 0) is 4.79 Å². The van der Waals surface area contributed by atoms with Crippen molar-refractivity contribution in [1.82, 2.24) is 15.4 Å². The first-order chi connectivity index (χ1) is 13.2. The summed E-state index contributed by atoms with van der Waals surface area (Å²) in [6.07, 6.45) is 9.61. The Morgan fingerprint density at radius 3 is 2.43 bits per heavy atom. The smallest absolute Gasteiger partial charge is 0.267 e. The van der Waals surface area contributed by atoms with E-state index in [1.54, 1.807) is 17.8 Å². The molecular formula is C22H36Cl2N4O2. The van der Waals surface area contributed by atoms with Crippen LogP contribution in [0, 0.1) is 10.8 Å². The quantitative estimate of drug-likeness (QED) is 0.343. The number of nitrogens with one attached hydrogen (secondary N) is 2. The number of likely N-dealkylation sites (tertiary alicyclic amines) is 1. The molecule has 2 aliphatic rings. The van der Waals surface area contributed by atoms with Crippen molar-refractivity contribution in [3.05, 3.63) is 30.0 Å². The summed E-state index contributed by atoms with van der Waals surface area (Å²) in [4.78, 5) is 18.2. The van der Waals surface area contributed by atoms with Gasteiger partial charge in [0, 0.05) is 37.4 Å². The Morgan fingerprint density at radius 1 is 1.20 bits per heavy atom. The van der Waals surface area contributed by atoms with Crippen molar-refractivity contribution in [3.63, 3.8) is 0 Å². The van der Waals surface area contributed by atoms with E-state index in [1.807, 2.05) is 12.1 Å². The van der Waals surface area contributed by atoms with Gasteiger partial charge in [-0.05, 0) is 60.3 Å². The van der Waals surface area contributed by atoms with Crippen LogP contribution in [0.25, 0.3) is 6.08 Å². The zero-order chi connectivity index (χ0) is 20.4. The molecule has 1 aromatic rings. The Hall–Kier alpha value is -1.34. The third kappa shape index (κ3) is 7.41. The Morgan fingerprint density at radius 2 is 1.87 bits per heavy atom. The van der Waals surface area contributed by atoms with Gasteiger partial charge in [-0.25, -0.2) is 10.5 Å². The summed E-state index contributed by atoms with van der Waals surface area (Å²) in [5.41, 5.74) is 3.21. The fraction of sp³-hybridized carbons (Fsp3) is 0.636. The van der Waals surface area contributed by atoms with Crippen molar-refractivity contribution in [2.75, 3.05) is 18.4 Å².